The molecule has 65 heavy (non-hydrogen) atoms. The molecule has 334 valence electrons. The fourth-order valence-electron chi connectivity index (χ4n) is 8.56. The van der Waals surface area contributed by atoms with Crippen LogP contribution in [-0.2, 0) is 34.6 Å². The van der Waals surface area contributed by atoms with Gasteiger partial charge >= 0.3 is 5.97 Å². The van der Waals surface area contributed by atoms with Crippen LogP contribution in [0.25, 0.3) is 21.3 Å². The van der Waals surface area contributed by atoms with E-state index in [1.54, 1.807) is 59.9 Å². The van der Waals surface area contributed by atoms with E-state index >= 15 is 0 Å². The summed E-state index contributed by atoms with van der Waals surface area (Å²) in [6.45, 7) is 3.57. The van der Waals surface area contributed by atoms with Gasteiger partial charge in [-0.15, -0.1) is 11.3 Å². The van der Waals surface area contributed by atoms with Crippen LogP contribution in [0.1, 0.15) is 68.4 Å². The maximum absolute atomic E-state index is 14.0. The van der Waals surface area contributed by atoms with Crippen LogP contribution in [0, 0.1) is 5.92 Å². The number of piperidine rings is 1. The quantitative estimate of drug-likeness (QED) is 0.0419. The van der Waals surface area contributed by atoms with Crippen molar-refractivity contribution in [3.63, 3.8) is 0 Å². The minimum Gasteiger partial charge on any atom is -0.506 e. The molecule has 11 nitrogen and oxygen atoms in total. The predicted molar refractivity (Wildman–Crippen MR) is 253 cm³/mol. The molecule has 1 aliphatic heterocycles. The number of ketones is 1. The fraction of sp³-hybridized carbons (Fsp3) is 0.264. The summed E-state index contributed by atoms with van der Waals surface area (Å²) in [7, 11) is 1.53. The van der Waals surface area contributed by atoms with E-state index < -0.39 is 17.7 Å². The average molecular weight is 892 g/mol. The molecule has 2 atom stereocenters. The van der Waals surface area contributed by atoms with E-state index in [0.717, 1.165) is 53.4 Å². The minimum atomic E-state index is -2.02. The molecule has 1 fully saturated rings. The molecule has 8 rings (SSSR count). The Morgan fingerprint density at radius 3 is 2.38 bits per heavy atom. The predicted octanol–water partition coefficient (Wildman–Crippen LogP) is 8.30. The number of carbonyl (C=O) groups excluding carboxylic acids is 2. The number of pyridine rings is 1. The number of nitrogens with zero attached hydrogens (tertiary/aromatic N) is 1. The molecular formula is C53H53N3O8S. The van der Waals surface area contributed by atoms with Crippen LogP contribution < -0.4 is 15.6 Å². The van der Waals surface area contributed by atoms with Gasteiger partial charge in [-0.2, -0.15) is 0 Å². The molecule has 0 unspecified atom stereocenters. The number of aliphatic hydroxyl groups excluding tert-OH is 1. The maximum atomic E-state index is 14.0. The molecular weight excluding hydrogens is 839 g/mol. The lowest BCUT2D eigenvalue weighted by molar-refractivity contribution is -0.164. The highest BCUT2D eigenvalue weighted by atomic mass is 32.1. The third-order valence-electron chi connectivity index (χ3n) is 12.2. The Hall–Kier alpha value is -6.41. The SMILES string of the molecule is COc1cc(CNC[C@H](O)c2ccc(O)c3[nH]c(=O)ccc23)ccc1C(=O)CCc1ccc(-c2cccc([C@](O)(C(=O)OCC3CCN(Cc4ccccc4)CC3)c3ccccc3)c2)s1. The third-order valence-corrected chi connectivity index (χ3v) is 13.4. The van der Waals surface area contributed by atoms with Gasteiger partial charge in [0.2, 0.25) is 11.2 Å². The van der Waals surface area contributed by atoms with Crippen molar-refractivity contribution < 1.29 is 34.4 Å². The highest BCUT2D eigenvalue weighted by Crippen LogP contribution is 2.37. The maximum Gasteiger partial charge on any atom is 0.347 e. The molecule has 12 heteroatoms. The second kappa shape index (κ2) is 20.6. The number of aromatic hydroxyl groups is 1. The molecule has 0 bridgehead atoms. The number of carbonyl (C=O) groups is 2. The normalized spacial score (nSPS) is 14.8. The Balaban J connectivity index is 0.873. The number of aryl methyl sites for hydroxylation is 1. The third kappa shape index (κ3) is 10.6. The summed E-state index contributed by atoms with van der Waals surface area (Å²) in [6.07, 6.45) is 1.68. The van der Waals surface area contributed by atoms with Crippen molar-refractivity contribution >= 4 is 34.0 Å². The van der Waals surface area contributed by atoms with Gasteiger partial charge in [-0.3, -0.25) is 14.5 Å². The highest BCUT2D eigenvalue weighted by Gasteiger charge is 2.42. The fourth-order valence-corrected chi connectivity index (χ4v) is 9.56. The van der Waals surface area contributed by atoms with Crippen LogP contribution in [0.3, 0.4) is 0 Å². The van der Waals surface area contributed by atoms with Crippen molar-refractivity contribution in [1.82, 2.24) is 15.2 Å². The van der Waals surface area contributed by atoms with Gasteiger partial charge in [0.15, 0.2) is 5.78 Å². The second-order valence-electron chi connectivity index (χ2n) is 16.6. The number of fused-ring (bicyclic) bond motifs is 1. The number of phenolic OH excluding ortho intramolecular Hbond substituents is 1. The topological polar surface area (TPSA) is 161 Å². The number of aromatic nitrogens is 1. The van der Waals surface area contributed by atoms with E-state index in [2.05, 4.69) is 39.5 Å². The zero-order valence-electron chi connectivity index (χ0n) is 36.2. The number of likely N-dealkylation sites (tertiary alicyclic amines) is 1. The summed E-state index contributed by atoms with van der Waals surface area (Å²) in [6, 6.07) is 42.2. The number of H-pyrrole nitrogens is 1. The van der Waals surface area contributed by atoms with Crippen molar-refractivity contribution in [3.05, 3.63) is 188 Å². The Kier molecular flexibility index (Phi) is 14.3. The molecule has 0 amide bonds. The van der Waals surface area contributed by atoms with Gasteiger partial charge in [0, 0.05) is 52.8 Å². The van der Waals surface area contributed by atoms with Gasteiger partial charge in [-0.05, 0) is 109 Å². The number of phenols is 1. The lowest BCUT2D eigenvalue weighted by Gasteiger charge is -2.33. The first-order valence-corrected chi connectivity index (χ1v) is 22.8. The molecule has 5 aromatic carbocycles. The van der Waals surface area contributed by atoms with Crippen molar-refractivity contribution in [2.75, 3.05) is 33.4 Å². The number of thiophene rings is 1. The number of benzene rings is 5. The summed E-state index contributed by atoms with van der Waals surface area (Å²) >= 11 is 1.56. The highest BCUT2D eigenvalue weighted by molar-refractivity contribution is 7.15. The molecule has 0 spiro atoms. The van der Waals surface area contributed by atoms with E-state index in [0.29, 0.717) is 46.4 Å². The van der Waals surface area contributed by atoms with E-state index in [9.17, 15) is 29.7 Å². The lowest BCUT2D eigenvalue weighted by Crippen LogP contribution is -2.40. The Labute approximate surface area is 381 Å². The number of hydrogen-bond donors (Lipinski definition) is 5. The summed E-state index contributed by atoms with van der Waals surface area (Å²) in [5.74, 6) is -0.163. The first kappa shape index (κ1) is 45.2. The van der Waals surface area contributed by atoms with E-state index in [1.807, 2.05) is 54.6 Å². The van der Waals surface area contributed by atoms with Crippen LogP contribution in [0.5, 0.6) is 11.5 Å². The number of nitrogens with one attached hydrogen (secondary N) is 2. The number of Topliss-reactive ketones (excluding diaryl/α,β-unsaturated/α-hetero) is 1. The molecule has 2 aromatic heterocycles. The number of hydrogen-bond acceptors (Lipinski definition) is 11. The van der Waals surface area contributed by atoms with Crippen molar-refractivity contribution in [3.8, 4) is 21.9 Å². The Bertz CT molecular complexity index is 2800. The van der Waals surface area contributed by atoms with Crippen molar-refractivity contribution in [2.24, 2.45) is 5.92 Å². The number of esters is 1. The Morgan fingerprint density at radius 2 is 1.62 bits per heavy atom. The van der Waals surface area contributed by atoms with E-state index in [-0.39, 0.29) is 48.1 Å². The second-order valence-corrected chi connectivity index (χ2v) is 17.8. The van der Waals surface area contributed by atoms with Gasteiger partial charge in [0.1, 0.15) is 11.5 Å². The van der Waals surface area contributed by atoms with Gasteiger partial charge < -0.3 is 35.1 Å². The average Bonchev–Trinajstić information content (AvgIpc) is 3.83. The van der Waals surface area contributed by atoms with Gasteiger partial charge in [0.05, 0.1) is 30.9 Å². The zero-order valence-corrected chi connectivity index (χ0v) is 37.1. The van der Waals surface area contributed by atoms with Gasteiger partial charge in [-0.25, -0.2) is 4.79 Å². The van der Waals surface area contributed by atoms with E-state index in [4.69, 9.17) is 9.47 Å². The molecule has 0 saturated carbocycles. The van der Waals surface area contributed by atoms with Crippen LogP contribution in [-0.4, -0.2) is 70.3 Å². The van der Waals surface area contributed by atoms with Crippen molar-refractivity contribution in [1.29, 1.82) is 0 Å². The largest absolute Gasteiger partial charge is 0.506 e. The standard InChI is InChI=1S/C53H53N3O8S/c1-63-48-29-37(31-54-32-47(59)42-19-22-46(58)51-43(42)20-24-50(60)55-51)15-18-44(48)45(57)21-16-41-17-23-49(65-41)38-11-8-14-40(30-38)53(62,39-12-6-3-7-13-39)52(61)64-34-36-25-27-56(28-26-36)33-35-9-4-2-5-10-35/h2-15,17-20,22-24,29-30,36,47,54,58-59,62H,16,21,25-28,31-34H2,1H3,(H,55,60)/t47-,53-/m0/s1. The van der Waals surface area contributed by atoms with Gasteiger partial charge in [-0.1, -0.05) is 91.0 Å². The molecule has 0 aliphatic carbocycles. The number of rotatable bonds is 18. The molecule has 0 radical (unpaired) electrons. The zero-order chi connectivity index (χ0) is 45.3. The molecule has 7 aromatic rings. The summed E-state index contributed by atoms with van der Waals surface area (Å²) < 4.78 is 11.6. The van der Waals surface area contributed by atoms with Crippen LogP contribution >= 0.6 is 11.3 Å². The monoisotopic (exact) mass is 891 g/mol. The molecule has 1 saturated heterocycles. The Morgan fingerprint density at radius 1 is 0.862 bits per heavy atom. The van der Waals surface area contributed by atoms with Crippen LogP contribution in [0.15, 0.2) is 144 Å². The molecule has 1 aliphatic rings. The summed E-state index contributed by atoms with van der Waals surface area (Å²) in [5.41, 5.74) is 2.78. The van der Waals surface area contributed by atoms with Crippen LogP contribution in [0.4, 0.5) is 0 Å². The lowest BCUT2D eigenvalue weighted by atomic mass is 9.85. The van der Waals surface area contributed by atoms with Crippen LogP contribution in [0.2, 0.25) is 0 Å². The summed E-state index contributed by atoms with van der Waals surface area (Å²) in [5, 5.41) is 37.3. The van der Waals surface area contributed by atoms with Crippen molar-refractivity contribution in [2.45, 2.75) is 50.5 Å². The van der Waals surface area contributed by atoms with Gasteiger partial charge in [0.25, 0.3) is 0 Å². The molecule has 5 N–H and O–H groups in total. The number of aromatic amines is 1. The minimum absolute atomic E-state index is 0.0600. The number of aliphatic hydroxyl groups is 2. The first-order chi connectivity index (χ1) is 31.6. The number of ether oxygens (including phenoxy) is 2. The van der Waals surface area contributed by atoms with E-state index in [1.165, 1.54) is 24.8 Å². The summed E-state index contributed by atoms with van der Waals surface area (Å²) in [4.78, 5) is 46.4. The number of methoxy groups -OCH3 is 1. The molecule has 3 heterocycles. The smallest absolute Gasteiger partial charge is 0.347 e. The first-order valence-electron chi connectivity index (χ1n) is 21.9.